The van der Waals surface area contributed by atoms with Crippen molar-refractivity contribution in [3.05, 3.63) is 41.2 Å². The smallest absolute Gasteiger partial charge is 0.251 e. The van der Waals surface area contributed by atoms with E-state index in [0.29, 0.717) is 11.4 Å². The van der Waals surface area contributed by atoms with Crippen molar-refractivity contribution < 1.29 is 4.74 Å². The number of nitrogens with one attached hydrogen (secondary N) is 1. The Bertz CT molecular complexity index is 522. The van der Waals surface area contributed by atoms with Crippen LogP contribution in [0.15, 0.2) is 35.6 Å². The molecule has 2 rings (SSSR count). The molecule has 0 bridgehead atoms. The first kappa shape index (κ1) is 9.39. The van der Waals surface area contributed by atoms with Crippen molar-refractivity contribution in [2.24, 2.45) is 0 Å². The van der Waals surface area contributed by atoms with E-state index in [1.807, 2.05) is 0 Å². The fourth-order valence-electron chi connectivity index (χ4n) is 1.20. The number of aromatic nitrogens is 3. The largest absolute Gasteiger partial charge is 0.495 e. The van der Waals surface area contributed by atoms with E-state index in [4.69, 9.17) is 4.74 Å². The van der Waals surface area contributed by atoms with Gasteiger partial charge < -0.3 is 9.72 Å². The SMILES string of the molecule is COc1cncc(-c2cc(=O)[nH]cn2)c1. The summed E-state index contributed by atoms with van der Waals surface area (Å²) in [6.07, 6.45) is 4.58. The van der Waals surface area contributed by atoms with Gasteiger partial charge in [0.05, 0.1) is 25.3 Å². The molecule has 5 heteroatoms. The van der Waals surface area contributed by atoms with Crippen LogP contribution in [-0.4, -0.2) is 22.1 Å². The first-order valence-corrected chi connectivity index (χ1v) is 4.34. The second-order valence-electron chi connectivity index (χ2n) is 2.91. The van der Waals surface area contributed by atoms with Crippen LogP contribution in [0.5, 0.6) is 5.75 Å². The quantitative estimate of drug-likeness (QED) is 0.785. The molecule has 76 valence electrons. The minimum atomic E-state index is -0.192. The Balaban J connectivity index is 2.49. The fourth-order valence-corrected chi connectivity index (χ4v) is 1.20. The third-order valence-corrected chi connectivity index (χ3v) is 1.92. The van der Waals surface area contributed by atoms with Crippen LogP contribution in [0.2, 0.25) is 0 Å². The first-order chi connectivity index (χ1) is 7.29. The number of H-pyrrole nitrogens is 1. The van der Waals surface area contributed by atoms with E-state index in [1.165, 1.54) is 12.4 Å². The molecule has 2 aromatic heterocycles. The molecule has 15 heavy (non-hydrogen) atoms. The van der Waals surface area contributed by atoms with Gasteiger partial charge in [0, 0.05) is 17.8 Å². The molecule has 0 fully saturated rings. The van der Waals surface area contributed by atoms with Gasteiger partial charge in [0.25, 0.3) is 5.56 Å². The van der Waals surface area contributed by atoms with Gasteiger partial charge in [-0.25, -0.2) is 4.98 Å². The fraction of sp³-hybridized carbons (Fsp3) is 0.100. The van der Waals surface area contributed by atoms with Gasteiger partial charge in [0.15, 0.2) is 0 Å². The predicted molar refractivity (Wildman–Crippen MR) is 54.6 cm³/mol. The summed E-state index contributed by atoms with van der Waals surface area (Å²) in [7, 11) is 1.56. The lowest BCUT2D eigenvalue weighted by Crippen LogP contribution is -2.04. The van der Waals surface area contributed by atoms with Crippen LogP contribution in [0.1, 0.15) is 0 Å². The summed E-state index contributed by atoms with van der Waals surface area (Å²) >= 11 is 0. The van der Waals surface area contributed by atoms with Crippen molar-refractivity contribution in [1.29, 1.82) is 0 Å². The van der Waals surface area contributed by atoms with Crippen molar-refractivity contribution in [2.75, 3.05) is 7.11 Å². The van der Waals surface area contributed by atoms with E-state index in [9.17, 15) is 4.79 Å². The summed E-state index contributed by atoms with van der Waals surface area (Å²) in [5.41, 5.74) is 1.13. The highest BCUT2D eigenvalue weighted by atomic mass is 16.5. The molecule has 0 aromatic carbocycles. The topological polar surface area (TPSA) is 67.9 Å². The second kappa shape index (κ2) is 3.91. The molecule has 0 aliphatic heterocycles. The van der Waals surface area contributed by atoms with Crippen LogP contribution >= 0.6 is 0 Å². The minimum Gasteiger partial charge on any atom is -0.495 e. The third-order valence-electron chi connectivity index (χ3n) is 1.92. The van der Waals surface area contributed by atoms with Gasteiger partial charge in [-0.2, -0.15) is 0 Å². The molecule has 1 N–H and O–H groups in total. The number of rotatable bonds is 2. The zero-order valence-corrected chi connectivity index (χ0v) is 8.10. The van der Waals surface area contributed by atoms with Crippen LogP contribution in [0.25, 0.3) is 11.3 Å². The summed E-state index contributed by atoms with van der Waals surface area (Å²) in [4.78, 5) is 21.5. The molecule has 0 aliphatic carbocycles. The lowest BCUT2D eigenvalue weighted by molar-refractivity contribution is 0.413. The van der Waals surface area contributed by atoms with E-state index >= 15 is 0 Å². The van der Waals surface area contributed by atoms with Crippen molar-refractivity contribution in [3.8, 4) is 17.0 Å². The highest BCUT2D eigenvalue weighted by molar-refractivity contribution is 5.58. The number of ether oxygens (including phenoxy) is 1. The van der Waals surface area contributed by atoms with E-state index in [1.54, 1.807) is 25.6 Å². The zero-order valence-electron chi connectivity index (χ0n) is 8.10. The second-order valence-corrected chi connectivity index (χ2v) is 2.91. The summed E-state index contributed by atoms with van der Waals surface area (Å²) in [5, 5.41) is 0. The lowest BCUT2D eigenvalue weighted by atomic mass is 10.2. The number of hydrogen-bond donors (Lipinski definition) is 1. The third kappa shape index (κ3) is 2.01. The highest BCUT2D eigenvalue weighted by Crippen LogP contribution is 2.18. The Kier molecular flexibility index (Phi) is 2.45. The first-order valence-electron chi connectivity index (χ1n) is 4.34. The van der Waals surface area contributed by atoms with Gasteiger partial charge >= 0.3 is 0 Å². The summed E-state index contributed by atoms with van der Waals surface area (Å²) in [5.74, 6) is 0.634. The van der Waals surface area contributed by atoms with Crippen LogP contribution in [0, 0.1) is 0 Å². The van der Waals surface area contributed by atoms with Gasteiger partial charge in [-0.3, -0.25) is 9.78 Å². The molecular formula is C10H9N3O2. The normalized spacial score (nSPS) is 9.93. The number of pyridine rings is 1. The Hall–Kier alpha value is -2.17. The Morgan fingerprint density at radius 1 is 1.33 bits per heavy atom. The number of methoxy groups -OCH3 is 1. The van der Waals surface area contributed by atoms with E-state index in [-0.39, 0.29) is 5.56 Å². The van der Waals surface area contributed by atoms with Gasteiger partial charge in [-0.1, -0.05) is 0 Å². The molecule has 0 unspecified atom stereocenters. The molecule has 2 aromatic rings. The zero-order chi connectivity index (χ0) is 10.7. The maximum absolute atomic E-state index is 11.1. The highest BCUT2D eigenvalue weighted by Gasteiger charge is 2.01. The maximum Gasteiger partial charge on any atom is 0.251 e. The summed E-state index contributed by atoms with van der Waals surface area (Å²) in [6, 6.07) is 3.19. The number of hydrogen-bond acceptors (Lipinski definition) is 4. The van der Waals surface area contributed by atoms with Gasteiger partial charge in [0.2, 0.25) is 0 Å². The average molecular weight is 203 g/mol. The standard InChI is InChI=1S/C10H9N3O2/c1-15-8-2-7(4-11-5-8)9-3-10(14)13-6-12-9/h2-6H,1H3,(H,12,13,14). The van der Waals surface area contributed by atoms with E-state index in [0.717, 1.165) is 5.56 Å². The van der Waals surface area contributed by atoms with Crippen LogP contribution in [-0.2, 0) is 0 Å². The Morgan fingerprint density at radius 3 is 2.93 bits per heavy atom. The molecule has 0 amide bonds. The van der Waals surface area contributed by atoms with Crippen molar-refractivity contribution in [3.63, 3.8) is 0 Å². The predicted octanol–water partition coefficient (Wildman–Crippen LogP) is 0.840. The maximum atomic E-state index is 11.1. The van der Waals surface area contributed by atoms with Crippen molar-refractivity contribution in [2.45, 2.75) is 0 Å². The molecule has 0 atom stereocenters. The molecule has 0 saturated heterocycles. The van der Waals surface area contributed by atoms with E-state index < -0.39 is 0 Å². The van der Waals surface area contributed by atoms with Gasteiger partial charge in [-0.05, 0) is 6.07 Å². The van der Waals surface area contributed by atoms with Crippen molar-refractivity contribution in [1.82, 2.24) is 15.0 Å². The number of nitrogens with zero attached hydrogens (tertiary/aromatic N) is 2. The van der Waals surface area contributed by atoms with Crippen LogP contribution in [0.4, 0.5) is 0 Å². The van der Waals surface area contributed by atoms with Crippen LogP contribution in [0.3, 0.4) is 0 Å². The molecule has 0 aliphatic rings. The number of aromatic amines is 1. The monoisotopic (exact) mass is 203 g/mol. The Morgan fingerprint density at radius 2 is 2.20 bits per heavy atom. The molecule has 0 radical (unpaired) electrons. The Labute approximate surface area is 85.8 Å². The van der Waals surface area contributed by atoms with Gasteiger partial charge in [0.1, 0.15) is 5.75 Å². The average Bonchev–Trinajstić information content (AvgIpc) is 2.29. The minimum absolute atomic E-state index is 0.192. The molecule has 0 spiro atoms. The summed E-state index contributed by atoms with van der Waals surface area (Å²) < 4.78 is 5.03. The van der Waals surface area contributed by atoms with E-state index in [2.05, 4.69) is 15.0 Å². The molecule has 2 heterocycles. The van der Waals surface area contributed by atoms with Gasteiger partial charge in [-0.15, -0.1) is 0 Å². The summed E-state index contributed by atoms with van der Waals surface area (Å²) in [6.45, 7) is 0. The molecule has 0 saturated carbocycles. The molecule has 5 nitrogen and oxygen atoms in total. The van der Waals surface area contributed by atoms with Crippen molar-refractivity contribution >= 4 is 0 Å². The molecular weight excluding hydrogens is 194 g/mol. The van der Waals surface area contributed by atoms with Crippen LogP contribution < -0.4 is 10.3 Å². The lowest BCUT2D eigenvalue weighted by Gasteiger charge is -2.02.